The number of aromatic nitrogens is 2. The fourth-order valence-electron chi connectivity index (χ4n) is 3.55. The molecule has 1 N–H and O–H groups in total. The first-order chi connectivity index (χ1) is 11.1. The Kier molecular flexibility index (Phi) is 3.22. The minimum absolute atomic E-state index is 0.0492. The lowest BCUT2D eigenvalue weighted by molar-refractivity contribution is 0.0963. The van der Waals surface area contributed by atoms with E-state index in [1.54, 1.807) is 6.20 Å². The molecule has 0 fully saturated rings. The number of fused-ring (bicyclic) bond motifs is 2. The molecule has 5 nitrogen and oxygen atoms in total. The number of nitrogens with zero attached hydrogens (tertiary/aromatic N) is 1. The molecule has 0 bridgehead atoms. The molecule has 2 heterocycles. The Balaban J connectivity index is 1.92. The lowest BCUT2D eigenvalue weighted by Gasteiger charge is -2.19. The summed E-state index contributed by atoms with van der Waals surface area (Å²) in [6.07, 6.45) is 5.81. The van der Waals surface area contributed by atoms with Gasteiger partial charge in [-0.25, -0.2) is 0 Å². The summed E-state index contributed by atoms with van der Waals surface area (Å²) < 4.78 is 0. The molecule has 0 spiro atoms. The molecule has 0 radical (unpaired) electrons. The Morgan fingerprint density at radius 3 is 2.43 bits per heavy atom. The molecule has 0 saturated heterocycles. The van der Waals surface area contributed by atoms with Crippen molar-refractivity contribution >= 4 is 11.6 Å². The van der Waals surface area contributed by atoms with Gasteiger partial charge in [-0.3, -0.25) is 19.4 Å². The van der Waals surface area contributed by atoms with E-state index in [-0.39, 0.29) is 17.1 Å². The number of hydrogen-bond donors (Lipinski definition) is 1. The van der Waals surface area contributed by atoms with Gasteiger partial charge in [0.1, 0.15) is 0 Å². The van der Waals surface area contributed by atoms with Gasteiger partial charge in [0.15, 0.2) is 11.6 Å². The Bertz CT molecular complexity index is 896. The van der Waals surface area contributed by atoms with Crippen LogP contribution in [0.25, 0.3) is 11.4 Å². The second kappa shape index (κ2) is 5.26. The predicted molar refractivity (Wildman–Crippen MR) is 84.8 cm³/mol. The third-order valence-electron chi connectivity index (χ3n) is 4.65. The van der Waals surface area contributed by atoms with Crippen LogP contribution in [0, 0.1) is 0 Å². The van der Waals surface area contributed by atoms with Gasteiger partial charge in [0.05, 0.1) is 11.4 Å². The van der Waals surface area contributed by atoms with Crippen molar-refractivity contribution in [3.8, 4) is 11.4 Å². The maximum atomic E-state index is 12.3. The van der Waals surface area contributed by atoms with E-state index in [0.717, 1.165) is 36.8 Å². The van der Waals surface area contributed by atoms with Gasteiger partial charge in [0.2, 0.25) is 5.56 Å². The zero-order valence-electron chi connectivity index (χ0n) is 12.6. The number of Topliss-reactive ketones (excluding diaryl/α,β-unsaturated/α-hetero) is 2. The standard InChI is InChI=1S/C18H16N2O3/c21-14-5-1-3-10-7-13(19-9-12(10)14)18-17-11(8-16(23)20-18)4-2-6-15(17)22/h7-9H,1-6H2,(H,20,23). The van der Waals surface area contributed by atoms with Crippen molar-refractivity contribution in [3.63, 3.8) is 0 Å². The van der Waals surface area contributed by atoms with Crippen LogP contribution in [-0.4, -0.2) is 21.5 Å². The number of aryl methyl sites for hydroxylation is 2. The molecule has 0 unspecified atom stereocenters. The number of carbonyl (C=O) groups is 2. The topological polar surface area (TPSA) is 79.9 Å². The van der Waals surface area contributed by atoms with E-state index in [4.69, 9.17) is 0 Å². The molecule has 2 aliphatic carbocycles. The summed E-state index contributed by atoms with van der Waals surface area (Å²) in [5.74, 6) is 0.165. The summed E-state index contributed by atoms with van der Waals surface area (Å²) in [6.45, 7) is 0. The zero-order chi connectivity index (χ0) is 16.0. The van der Waals surface area contributed by atoms with E-state index in [1.165, 1.54) is 6.07 Å². The lowest BCUT2D eigenvalue weighted by atomic mass is 9.87. The van der Waals surface area contributed by atoms with Crippen LogP contribution in [0.2, 0.25) is 0 Å². The Morgan fingerprint density at radius 2 is 1.61 bits per heavy atom. The molecule has 0 atom stereocenters. The van der Waals surface area contributed by atoms with Crippen molar-refractivity contribution in [2.45, 2.75) is 38.5 Å². The van der Waals surface area contributed by atoms with E-state index in [9.17, 15) is 14.4 Å². The van der Waals surface area contributed by atoms with Crippen LogP contribution < -0.4 is 5.56 Å². The van der Waals surface area contributed by atoms with Gasteiger partial charge in [-0.2, -0.15) is 0 Å². The predicted octanol–water partition coefficient (Wildman–Crippen LogP) is 2.47. The number of hydrogen-bond acceptors (Lipinski definition) is 4. The molecule has 2 aliphatic rings. The zero-order valence-corrected chi connectivity index (χ0v) is 12.6. The monoisotopic (exact) mass is 308 g/mol. The highest BCUT2D eigenvalue weighted by Gasteiger charge is 2.25. The van der Waals surface area contributed by atoms with Crippen LogP contribution in [0.5, 0.6) is 0 Å². The molecule has 2 aromatic rings. The van der Waals surface area contributed by atoms with Crippen LogP contribution in [0.3, 0.4) is 0 Å². The second-order valence-electron chi connectivity index (χ2n) is 6.19. The number of carbonyl (C=O) groups excluding carboxylic acids is 2. The molecule has 5 heteroatoms. The fourth-order valence-corrected chi connectivity index (χ4v) is 3.55. The van der Waals surface area contributed by atoms with Crippen molar-refractivity contribution in [1.29, 1.82) is 0 Å². The highest BCUT2D eigenvalue weighted by Crippen LogP contribution is 2.30. The molecular formula is C18H16N2O3. The summed E-state index contributed by atoms with van der Waals surface area (Å²) in [4.78, 5) is 43.3. The largest absolute Gasteiger partial charge is 0.320 e. The van der Waals surface area contributed by atoms with Crippen LogP contribution in [0.1, 0.15) is 57.5 Å². The van der Waals surface area contributed by atoms with Crippen LogP contribution in [0.4, 0.5) is 0 Å². The average Bonchev–Trinajstić information content (AvgIpc) is 2.54. The van der Waals surface area contributed by atoms with E-state index < -0.39 is 0 Å². The molecule has 2 aromatic heterocycles. The lowest BCUT2D eigenvalue weighted by Crippen LogP contribution is -2.20. The molecule has 0 aliphatic heterocycles. The van der Waals surface area contributed by atoms with E-state index >= 15 is 0 Å². The van der Waals surface area contributed by atoms with Gasteiger partial charge in [0.25, 0.3) is 0 Å². The summed E-state index contributed by atoms with van der Waals surface area (Å²) in [5, 5.41) is 0. The van der Waals surface area contributed by atoms with Crippen molar-refractivity contribution < 1.29 is 9.59 Å². The smallest absolute Gasteiger partial charge is 0.248 e. The van der Waals surface area contributed by atoms with Crippen molar-refractivity contribution in [3.05, 3.63) is 50.9 Å². The van der Waals surface area contributed by atoms with Gasteiger partial charge < -0.3 is 4.98 Å². The highest BCUT2D eigenvalue weighted by molar-refractivity contribution is 6.03. The average molecular weight is 308 g/mol. The van der Waals surface area contributed by atoms with Crippen LogP contribution in [-0.2, 0) is 12.8 Å². The highest BCUT2D eigenvalue weighted by atomic mass is 16.1. The normalized spacial score (nSPS) is 16.9. The molecule has 23 heavy (non-hydrogen) atoms. The maximum Gasteiger partial charge on any atom is 0.248 e. The van der Waals surface area contributed by atoms with Gasteiger partial charge in [-0.05, 0) is 42.9 Å². The Hall–Kier alpha value is -2.56. The molecule has 0 saturated carbocycles. The Labute approximate surface area is 132 Å². The maximum absolute atomic E-state index is 12.3. The molecular weight excluding hydrogens is 292 g/mol. The van der Waals surface area contributed by atoms with E-state index in [1.807, 2.05) is 6.07 Å². The minimum atomic E-state index is -0.218. The van der Waals surface area contributed by atoms with Gasteiger partial charge in [-0.1, -0.05) is 0 Å². The van der Waals surface area contributed by atoms with Crippen LogP contribution in [0.15, 0.2) is 23.1 Å². The molecule has 116 valence electrons. The third kappa shape index (κ3) is 2.32. The SMILES string of the molecule is O=C1CCCc2cc(-c3[nH]c(=O)cc4c3C(=O)CCC4)ncc21. The van der Waals surface area contributed by atoms with Gasteiger partial charge >= 0.3 is 0 Å². The summed E-state index contributed by atoms with van der Waals surface area (Å²) in [6, 6.07) is 3.36. The van der Waals surface area contributed by atoms with Gasteiger partial charge in [-0.15, -0.1) is 0 Å². The first kappa shape index (κ1) is 14.1. The summed E-state index contributed by atoms with van der Waals surface area (Å²) in [7, 11) is 0. The first-order valence-corrected chi connectivity index (χ1v) is 7.95. The van der Waals surface area contributed by atoms with Crippen LogP contribution >= 0.6 is 0 Å². The minimum Gasteiger partial charge on any atom is -0.320 e. The number of ketones is 2. The Morgan fingerprint density at radius 1 is 0.870 bits per heavy atom. The third-order valence-corrected chi connectivity index (χ3v) is 4.65. The quantitative estimate of drug-likeness (QED) is 0.877. The fraction of sp³-hybridized carbons (Fsp3) is 0.333. The van der Waals surface area contributed by atoms with Crippen molar-refractivity contribution in [2.75, 3.05) is 0 Å². The van der Waals surface area contributed by atoms with E-state index in [0.29, 0.717) is 35.4 Å². The summed E-state index contributed by atoms with van der Waals surface area (Å²) in [5.41, 5.74) is 3.86. The van der Waals surface area contributed by atoms with Crippen molar-refractivity contribution in [2.24, 2.45) is 0 Å². The van der Waals surface area contributed by atoms with Gasteiger partial charge in [0, 0.05) is 36.2 Å². The van der Waals surface area contributed by atoms with Crippen molar-refractivity contribution in [1.82, 2.24) is 9.97 Å². The molecule has 0 aromatic carbocycles. The number of nitrogens with one attached hydrogen (secondary N) is 1. The molecule has 4 rings (SSSR count). The summed E-state index contributed by atoms with van der Waals surface area (Å²) >= 11 is 0. The number of H-pyrrole nitrogens is 1. The number of pyridine rings is 2. The first-order valence-electron chi connectivity index (χ1n) is 7.95. The van der Waals surface area contributed by atoms with E-state index in [2.05, 4.69) is 9.97 Å². The molecule has 0 amide bonds. The number of aromatic amines is 1. The number of rotatable bonds is 1. The second-order valence-corrected chi connectivity index (χ2v) is 6.19.